The highest BCUT2D eigenvalue weighted by Crippen LogP contribution is 2.38. The van der Waals surface area contributed by atoms with Crippen LogP contribution in [0.2, 0.25) is 0 Å². The van der Waals surface area contributed by atoms with Gasteiger partial charge in [0.1, 0.15) is 0 Å². The van der Waals surface area contributed by atoms with E-state index in [9.17, 15) is 0 Å². The number of hydrogen-bond donors (Lipinski definition) is 0. The van der Waals surface area contributed by atoms with E-state index in [1.807, 2.05) is 30.7 Å². The van der Waals surface area contributed by atoms with Crippen LogP contribution in [0, 0.1) is 0 Å². The Labute approximate surface area is 174 Å². The monoisotopic (exact) mass is 389 g/mol. The maximum absolute atomic E-state index is 5.74. The maximum Gasteiger partial charge on any atom is 0.217 e. The van der Waals surface area contributed by atoms with Gasteiger partial charge in [0.15, 0.2) is 0 Å². The molecule has 0 aromatic carbocycles. The smallest absolute Gasteiger partial charge is 0.217 e. The molecule has 0 spiro atoms. The first-order valence-electron chi connectivity index (χ1n) is 10.1. The van der Waals surface area contributed by atoms with Crippen molar-refractivity contribution in [1.29, 1.82) is 0 Å². The quantitative estimate of drug-likeness (QED) is 0.546. The number of rotatable bonds is 6. The molecule has 0 amide bonds. The zero-order chi connectivity index (χ0) is 21.2. The van der Waals surface area contributed by atoms with E-state index in [1.165, 1.54) is 11.1 Å². The van der Waals surface area contributed by atoms with Crippen LogP contribution in [0.25, 0.3) is 0 Å². The Morgan fingerprint density at radius 2 is 1.48 bits per heavy atom. The first-order chi connectivity index (χ1) is 13.7. The van der Waals surface area contributed by atoms with Crippen molar-refractivity contribution in [1.82, 2.24) is 15.0 Å². The lowest BCUT2D eigenvalue weighted by Gasteiger charge is -2.29. The van der Waals surface area contributed by atoms with Gasteiger partial charge >= 0.3 is 0 Å². The lowest BCUT2D eigenvalue weighted by Crippen LogP contribution is -2.25. The van der Waals surface area contributed by atoms with Crippen LogP contribution in [0.5, 0.6) is 5.88 Å². The molecule has 4 heteroatoms. The highest BCUT2D eigenvalue weighted by atomic mass is 16.5. The second-order valence-corrected chi connectivity index (χ2v) is 8.87. The molecule has 0 bridgehead atoms. The van der Waals surface area contributed by atoms with Crippen molar-refractivity contribution in [2.24, 2.45) is 0 Å². The van der Waals surface area contributed by atoms with Crippen LogP contribution >= 0.6 is 0 Å². The van der Waals surface area contributed by atoms with Crippen molar-refractivity contribution in [2.75, 3.05) is 7.11 Å². The van der Waals surface area contributed by atoms with Crippen LogP contribution in [0.1, 0.15) is 75.5 Å². The number of pyridine rings is 3. The molecule has 0 saturated heterocycles. The Morgan fingerprint density at radius 1 is 0.828 bits per heavy atom. The minimum atomic E-state index is -0.326. The van der Waals surface area contributed by atoms with Gasteiger partial charge < -0.3 is 4.74 Å². The molecule has 0 atom stereocenters. The van der Waals surface area contributed by atoms with E-state index in [2.05, 4.69) is 70.8 Å². The number of nitrogens with zero attached hydrogens (tertiary/aromatic N) is 3. The molecule has 0 unspecified atom stereocenters. The standard InChI is InChI=1S/C25H31N3O/c1-17(2)18-8-10-21(27-16-18)25(5,6)20-9-11-22(28-23(20)29-7)24(3,4)19-12-14-26-15-13-19/h8-17H,1-7H3. The van der Waals surface area contributed by atoms with Crippen LogP contribution in [0.4, 0.5) is 0 Å². The van der Waals surface area contributed by atoms with Crippen molar-refractivity contribution < 1.29 is 4.74 Å². The normalized spacial score (nSPS) is 12.3. The van der Waals surface area contributed by atoms with Gasteiger partial charge in [-0.3, -0.25) is 9.97 Å². The molecule has 0 fully saturated rings. The summed E-state index contributed by atoms with van der Waals surface area (Å²) in [4.78, 5) is 13.8. The summed E-state index contributed by atoms with van der Waals surface area (Å²) in [7, 11) is 1.68. The Morgan fingerprint density at radius 3 is 2.03 bits per heavy atom. The van der Waals surface area contributed by atoms with Gasteiger partial charge in [0.25, 0.3) is 0 Å². The average Bonchev–Trinajstić information content (AvgIpc) is 2.73. The molecule has 3 rings (SSSR count). The molecule has 0 saturated carbocycles. The summed E-state index contributed by atoms with van der Waals surface area (Å²) < 4.78 is 5.74. The molecular weight excluding hydrogens is 358 g/mol. The Bertz CT molecular complexity index is 961. The second kappa shape index (κ2) is 7.94. The average molecular weight is 390 g/mol. The molecule has 4 nitrogen and oxygen atoms in total. The summed E-state index contributed by atoms with van der Waals surface area (Å²) in [5.41, 5.74) is 4.82. The fourth-order valence-electron chi connectivity index (χ4n) is 3.59. The molecule has 3 aromatic rings. The van der Waals surface area contributed by atoms with E-state index >= 15 is 0 Å². The third-order valence-corrected chi connectivity index (χ3v) is 5.86. The molecule has 0 N–H and O–H groups in total. The molecule has 0 radical (unpaired) electrons. The van der Waals surface area contributed by atoms with E-state index in [-0.39, 0.29) is 10.8 Å². The predicted octanol–water partition coefficient (Wildman–Crippen LogP) is 5.66. The van der Waals surface area contributed by atoms with Crippen LogP contribution in [-0.4, -0.2) is 22.1 Å². The SMILES string of the molecule is COc1nc(C(C)(C)c2ccncc2)ccc1C(C)(C)c1ccc(C(C)C)cn1. The molecule has 3 aromatic heterocycles. The molecule has 152 valence electrons. The van der Waals surface area contributed by atoms with E-state index in [0.29, 0.717) is 11.8 Å². The minimum Gasteiger partial charge on any atom is -0.481 e. The van der Waals surface area contributed by atoms with Crippen molar-refractivity contribution in [3.8, 4) is 5.88 Å². The summed E-state index contributed by atoms with van der Waals surface area (Å²) in [6, 6.07) is 12.6. The first kappa shape index (κ1) is 21.0. The van der Waals surface area contributed by atoms with Gasteiger partial charge in [-0.15, -0.1) is 0 Å². The Hall–Kier alpha value is -2.75. The molecule has 29 heavy (non-hydrogen) atoms. The van der Waals surface area contributed by atoms with Crippen molar-refractivity contribution in [2.45, 2.75) is 58.3 Å². The fraction of sp³-hybridized carbons (Fsp3) is 0.400. The van der Waals surface area contributed by atoms with Crippen LogP contribution < -0.4 is 4.74 Å². The lowest BCUT2D eigenvalue weighted by molar-refractivity contribution is 0.378. The zero-order valence-corrected chi connectivity index (χ0v) is 18.5. The van der Waals surface area contributed by atoms with Gasteiger partial charge in [-0.25, -0.2) is 4.98 Å². The predicted molar refractivity (Wildman–Crippen MR) is 118 cm³/mol. The summed E-state index contributed by atoms with van der Waals surface area (Å²) in [6.07, 6.45) is 5.61. The van der Waals surface area contributed by atoms with Crippen LogP contribution in [-0.2, 0) is 10.8 Å². The Balaban J connectivity index is 2.02. The van der Waals surface area contributed by atoms with E-state index in [0.717, 1.165) is 17.0 Å². The zero-order valence-electron chi connectivity index (χ0n) is 18.5. The summed E-state index contributed by atoms with van der Waals surface area (Å²) in [5, 5.41) is 0. The minimum absolute atomic E-state index is 0.254. The summed E-state index contributed by atoms with van der Waals surface area (Å²) in [6.45, 7) is 13.0. The van der Waals surface area contributed by atoms with Gasteiger partial charge in [-0.2, -0.15) is 0 Å². The van der Waals surface area contributed by atoms with Gasteiger partial charge in [0.05, 0.1) is 18.5 Å². The fourth-order valence-corrected chi connectivity index (χ4v) is 3.59. The largest absolute Gasteiger partial charge is 0.481 e. The number of aromatic nitrogens is 3. The van der Waals surface area contributed by atoms with E-state index < -0.39 is 0 Å². The van der Waals surface area contributed by atoms with Crippen LogP contribution in [0.3, 0.4) is 0 Å². The molecule has 0 aliphatic rings. The topological polar surface area (TPSA) is 47.9 Å². The number of methoxy groups -OCH3 is 1. The van der Waals surface area contributed by atoms with Gasteiger partial charge in [-0.05, 0) is 55.2 Å². The maximum atomic E-state index is 5.74. The summed E-state index contributed by atoms with van der Waals surface area (Å²) in [5.74, 6) is 1.11. The number of hydrogen-bond acceptors (Lipinski definition) is 4. The second-order valence-electron chi connectivity index (χ2n) is 8.87. The Kier molecular flexibility index (Phi) is 5.74. The molecule has 0 aliphatic heterocycles. The van der Waals surface area contributed by atoms with Crippen molar-refractivity contribution in [3.05, 3.63) is 83.1 Å². The molecule has 0 aliphatic carbocycles. The van der Waals surface area contributed by atoms with Crippen molar-refractivity contribution in [3.63, 3.8) is 0 Å². The van der Waals surface area contributed by atoms with Crippen LogP contribution in [0.15, 0.2) is 55.0 Å². The first-order valence-corrected chi connectivity index (χ1v) is 10.1. The van der Waals surface area contributed by atoms with Gasteiger partial charge in [-0.1, -0.05) is 39.8 Å². The summed E-state index contributed by atoms with van der Waals surface area (Å²) >= 11 is 0. The molecule has 3 heterocycles. The third kappa shape index (κ3) is 4.02. The number of ether oxygens (including phenoxy) is 1. The van der Waals surface area contributed by atoms with Gasteiger partial charge in [0.2, 0.25) is 5.88 Å². The highest BCUT2D eigenvalue weighted by molar-refractivity contribution is 5.44. The highest BCUT2D eigenvalue weighted by Gasteiger charge is 2.32. The van der Waals surface area contributed by atoms with Crippen molar-refractivity contribution >= 4 is 0 Å². The van der Waals surface area contributed by atoms with Gasteiger partial charge in [0, 0.05) is 35.0 Å². The van der Waals surface area contributed by atoms with E-state index in [4.69, 9.17) is 14.7 Å². The third-order valence-electron chi connectivity index (χ3n) is 5.86. The lowest BCUT2D eigenvalue weighted by atomic mass is 9.78. The molecular formula is C25H31N3O. The van der Waals surface area contributed by atoms with E-state index in [1.54, 1.807) is 7.11 Å².